The number of thioether (sulfide) groups is 1. The van der Waals surface area contributed by atoms with Gasteiger partial charge in [0.2, 0.25) is 11.8 Å². The fourth-order valence-electron chi connectivity index (χ4n) is 3.63. The maximum atomic E-state index is 12.4. The third-order valence-electron chi connectivity index (χ3n) is 5.27. The van der Waals surface area contributed by atoms with E-state index in [0.717, 1.165) is 0 Å². The minimum Gasteiger partial charge on any atom is -0.480 e. The van der Waals surface area contributed by atoms with E-state index in [1.807, 2.05) is 0 Å². The molecule has 3 amide bonds. The summed E-state index contributed by atoms with van der Waals surface area (Å²) in [6.45, 7) is 3.71. The Bertz CT molecular complexity index is 952. The SMILES string of the molecule is C=C1CS[C@H]2[C@H](NC(=O)CCCC(NC(=O)c3ccccc3)C(=O)O)C(=O)N2[C@H]1C(=O)O. The molecule has 0 saturated carbocycles. The van der Waals surface area contributed by atoms with Crippen LogP contribution in [-0.4, -0.2) is 74.0 Å². The number of nitrogens with one attached hydrogen (secondary N) is 2. The van der Waals surface area contributed by atoms with Gasteiger partial charge in [-0.2, -0.15) is 0 Å². The third kappa shape index (κ3) is 4.93. The van der Waals surface area contributed by atoms with Crippen molar-refractivity contribution >= 4 is 41.4 Å². The van der Waals surface area contributed by atoms with Gasteiger partial charge in [-0.25, -0.2) is 9.59 Å². The molecule has 0 aliphatic carbocycles. The number of carboxylic acids is 2. The molecule has 10 nitrogen and oxygen atoms in total. The number of carbonyl (C=O) groups excluding carboxylic acids is 3. The molecule has 2 heterocycles. The van der Waals surface area contributed by atoms with Gasteiger partial charge in [-0.3, -0.25) is 14.4 Å². The molecule has 0 radical (unpaired) electrons. The molecule has 11 heteroatoms. The van der Waals surface area contributed by atoms with Crippen LogP contribution in [-0.2, 0) is 19.2 Å². The molecule has 1 unspecified atom stereocenters. The molecule has 2 fully saturated rings. The van der Waals surface area contributed by atoms with Gasteiger partial charge in [-0.15, -0.1) is 11.8 Å². The fraction of sp³-hybridized carbons (Fsp3) is 0.381. The van der Waals surface area contributed by atoms with Crippen molar-refractivity contribution in [2.24, 2.45) is 0 Å². The van der Waals surface area contributed by atoms with E-state index in [0.29, 0.717) is 16.9 Å². The molecule has 4 atom stereocenters. The predicted molar refractivity (Wildman–Crippen MR) is 115 cm³/mol. The number of hydrogen-bond acceptors (Lipinski definition) is 6. The van der Waals surface area contributed by atoms with E-state index in [1.54, 1.807) is 30.3 Å². The van der Waals surface area contributed by atoms with Crippen LogP contribution >= 0.6 is 11.8 Å². The Hall–Kier alpha value is -3.34. The van der Waals surface area contributed by atoms with Crippen LogP contribution in [0.3, 0.4) is 0 Å². The van der Waals surface area contributed by atoms with Gasteiger partial charge in [0.1, 0.15) is 17.5 Å². The average molecular weight is 461 g/mol. The molecule has 1 aromatic rings. The lowest BCUT2D eigenvalue weighted by Gasteiger charge is -2.52. The normalized spacial score (nSPS) is 22.9. The highest BCUT2D eigenvalue weighted by molar-refractivity contribution is 8.00. The molecular weight excluding hydrogens is 438 g/mol. The molecule has 3 rings (SSSR count). The smallest absolute Gasteiger partial charge is 0.330 e. The molecule has 4 N–H and O–H groups in total. The largest absolute Gasteiger partial charge is 0.480 e. The summed E-state index contributed by atoms with van der Waals surface area (Å²) in [5.74, 6) is -3.44. The van der Waals surface area contributed by atoms with Gasteiger partial charge in [-0.1, -0.05) is 24.8 Å². The topological polar surface area (TPSA) is 153 Å². The highest BCUT2D eigenvalue weighted by Gasteiger charge is 2.56. The highest BCUT2D eigenvalue weighted by atomic mass is 32.2. The van der Waals surface area contributed by atoms with Gasteiger partial charge in [-0.05, 0) is 30.5 Å². The van der Waals surface area contributed by atoms with Crippen molar-refractivity contribution in [3.63, 3.8) is 0 Å². The van der Waals surface area contributed by atoms with Crippen LogP contribution in [0.4, 0.5) is 0 Å². The van der Waals surface area contributed by atoms with Gasteiger partial charge in [0.05, 0.1) is 0 Å². The Kier molecular flexibility index (Phi) is 7.18. The first kappa shape index (κ1) is 23.3. The first-order valence-corrected chi connectivity index (χ1v) is 11.0. The highest BCUT2D eigenvalue weighted by Crippen LogP contribution is 2.39. The molecular formula is C21H23N3O7S. The summed E-state index contributed by atoms with van der Waals surface area (Å²) in [6.07, 6.45) is 0.168. The van der Waals surface area contributed by atoms with E-state index >= 15 is 0 Å². The maximum absolute atomic E-state index is 12.4. The molecule has 2 saturated heterocycles. The second-order valence-corrected chi connectivity index (χ2v) is 8.62. The van der Waals surface area contributed by atoms with E-state index in [1.165, 1.54) is 16.7 Å². The number of carbonyl (C=O) groups is 5. The monoisotopic (exact) mass is 461 g/mol. The lowest BCUT2D eigenvalue weighted by atomic mass is 9.98. The quantitative estimate of drug-likeness (QED) is 0.305. The Labute approximate surface area is 188 Å². The number of β-lactam (4-membered cyclic amide) rings is 1. The van der Waals surface area contributed by atoms with Crippen molar-refractivity contribution in [1.82, 2.24) is 15.5 Å². The molecule has 2 aliphatic heterocycles. The number of nitrogens with zero attached hydrogens (tertiary/aromatic N) is 1. The number of amides is 3. The van der Waals surface area contributed by atoms with E-state index in [4.69, 9.17) is 0 Å². The van der Waals surface area contributed by atoms with Gasteiger partial charge in [0.15, 0.2) is 6.04 Å². The van der Waals surface area contributed by atoms with Crippen LogP contribution < -0.4 is 10.6 Å². The summed E-state index contributed by atoms with van der Waals surface area (Å²) >= 11 is 1.34. The Morgan fingerprint density at radius 2 is 1.88 bits per heavy atom. The zero-order valence-electron chi connectivity index (χ0n) is 17.0. The van der Waals surface area contributed by atoms with Crippen molar-refractivity contribution in [2.75, 3.05) is 5.75 Å². The number of carboxylic acid groups (broad SMARTS) is 2. The van der Waals surface area contributed by atoms with Crippen molar-refractivity contribution in [2.45, 2.75) is 42.8 Å². The zero-order valence-corrected chi connectivity index (χ0v) is 17.8. The molecule has 0 aromatic heterocycles. The molecule has 32 heavy (non-hydrogen) atoms. The van der Waals surface area contributed by atoms with E-state index in [2.05, 4.69) is 17.2 Å². The van der Waals surface area contributed by atoms with Crippen molar-refractivity contribution in [1.29, 1.82) is 0 Å². The van der Waals surface area contributed by atoms with Crippen LogP contribution in [0.15, 0.2) is 42.5 Å². The number of hydrogen-bond donors (Lipinski definition) is 4. The predicted octanol–water partition coefficient (Wildman–Crippen LogP) is 0.449. The average Bonchev–Trinajstić information content (AvgIpc) is 2.76. The van der Waals surface area contributed by atoms with Crippen molar-refractivity contribution in [3.8, 4) is 0 Å². The summed E-state index contributed by atoms with van der Waals surface area (Å²) in [5.41, 5.74) is 0.756. The second kappa shape index (κ2) is 9.86. The van der Waals surface area contributed by atoms with Gasteiger partial charge < -0.3 is 25.7 Å². The van der Waals surface area contributed by atoms with Gasteiger partial charge >= 0.3 is 11.9 Å². The third-order valence-corrected chi connectivity index (χ3v) is 6.65. The second-order valence-electron chi connectivity index (χ2n) is 7.51. The van der Waals surface area contributed by atoms with Crippen LogP contribution in [0.2, 0.25) is 0 Å². The summed E-state index contributed by atoms with van der Waals surface area (Å²) in [4.78, 5) is 60.9. The summed E-state index contributed by atoms with van der Waals surface area (Å²) in [6, 6.07) is 5.12. The minimum absolute atomic E-state index is 0.0329. The minimum atomic E-state index is -1.21. The summed E-state index contributed by atoms with van der Waals surface area (Å²) in [7, 11) is 0. The first-order valence-electron chi connectivity index (χ1n) is 9.93. The number of aliphatic carboxylic acids is 2. The van der Waals surface area contributed by atoms with Crippen LogP contribution in [0.1, 0.15) is 29.6 Å². The lowest BCUT2D eigenvalue weighted by molar-refractivity contribution is -0.160. The Balaban J connectivity index is 1.48. The number of benzene rings is 1. The molecule has 170 valence electrons. The molecule has 1 aromatic carbocycles. The lowest BCUT2D eigenvalue weighted by Crippen LogP contribution is -2.74. The maximum Gasteiger partial charge on any atom is 0.330 e. The Morgan fingerprint density at radius 1 is 1.19 bits per heavy atom. The first-order chi connectivity index (χ1) is 15.2. The fourth-order valence-corrected chi connectivity index (χ4v) is 4.94. The molecule has 2 aliphatic rings. The molecule has 0 spiro atoms. The number of rotatable bonds is 9. The summed E-state index contributed by atoms with van der Waals surface area (Å²) in [5, 5.41) is 23.3. The number of fused-ring (bicyclic) bond motifs is 1. The standard InChI is InChI=1S/C21H23N3O7S/c1-11-10-32-19-15(18(27)24(19)16(11)21(30)31)23-14(25)9-5-8-13(20(28)29)22-17(26)12-6-3-2-4-7-12/h2-4,6-7,13,15-16,19H,1,5,8-10H2,(H,22,26)(H,23,25)(H,28,29)(H,30,31)/t13?,15-,16-,19+/m1/s1. The van der Waals surface area contributed by atoms with Crippen molar-refractivity contribution in [3.05, 3.63) is 48.0 Å². The van der Waals surface area contributed by atoms with Crippen LogP contribution in [0.25, 0.3) is 0 Å². The van der Waals surface area contributed by atoms with Gasteiger partial charge in [0.25, 0.3) is 5.91 Å². The zero-order chi connectivity index (χ0) is 23.4. The van der Waals surface area contributed by atoms with E-state index < -0.39 is 53.2 Å². The molecule has 0 bridgehead atoms. The van der Waals surface area contributed by atoms with E-state index in [-0.39, 0.29) is 19.3 Å². The summed E-state index contributed by atoms with van der Waals surface area (Å²) < 4.78 is 0. The van der Waals surface area contributed by atoms with E-state index in [9.17, 15) is 34.2 Å². The van der Waals surface area contributed by atoms with Crippen LogP contribution in [0, 0.1) is 0 Å². The van der Waals surface area contributed by atoms with Crippen molar-refractivity contribution < 1.29 is 34.2 Å². The van der Waals surface area contributed by atoms with Gasteiger partial charge in [0, 0.05) is 17.7 Å². The Morgan fingerprint density at radius 3 is 2.50 bits per heavy atom. The van der Waals surface area contributed by atoms with Crippen LogP contribution in [0.5, 0.6) is 0 Å².